The van der Waals surface area contributed by atoms with Crippen LogP contribution in [0.1, 0.15) is 29.9 Å². The second kappa shape index (κ2) is 5.63. The molecule has 0 atom stereocenters. The molecule has 0 radical (unpaired) electrons. The first-order valence-corrected chi connectivity index (χ1v) is 6.96. The van der Waals surface area contributed by atoms with Gasteiger partial charge in [-0.15, -0.1) is 0 Å². The number of ether oxygens (including phenoxy) is 1. The Morgan fingerprint density at radius 1 is 1.29 bits per heavy atom. The Morgan fingerprint density at radius 3 is 2.86 bits per heavy atom. The third-order valence-corrected chi connectivity index (χ3v) is 3.70. The van der Waals surface area contributed by atoms with Gasteiger partial charge in [-0.3, -0.25) is 4.90 Å². The van der Waals surface area contributed by atoms with Gasteiger partial charge in [0.2, 0.25) is 5.82 Å². The SMILES string of the molecule is FC(F)(F)c1ncc2c(n1)CCN(CC1=COCCC1)C2. The minimum atomic E-state index is -4.48. The van der Waals surface area contributed by atoms with Crippen molar-refractivity contribution < 1.29 is 17.9 Å². The van der Waals surface area contributed by atoms with Gasteiger partial charge in [0.05, 0.1) is 18.6 Å². The quantitative estimate of drug-likeness (QED) is 0.841. The van der Waals surface area contributed by atoms with Gasteiger partial charge in [-0.05, 0) is 18.4 Å². The molecular formula is C14H16F3N3O. The number of aromatic nitrogens is 2. The van der Waals surface area contributed by atoms with Crippen molar-refractivity contribution in [2.45, 2.75) is 32.0 Å². The summed E-state index contributed by atoms with van der Waals surface area (Å²) in [6, 6.07) is 0. The molecule has 0 spiro atoms. The number of nitrogens with zero attached hydrogens (tertiary/aromatic N) is 3. The van der Waals surface area contributed by atoms with Gasteiger partial charge in [0.15, 0.2) is 0 Å². The Morgan fingerprint density at radius 2 is 2.14 bits per heavy atom. The van der Waals surface area contributed by atoms with Crippen molar-refractivity contribution >= 4 is 0 Å². The maximum absolute atomic E-state index is 12.6. The fraction of sp³-hybridized carbons (Fsp3) is 0.571. The van der Waals surface area contributed by atoms with Crippen molar-refractivity contribution in [1.29, 1.82) is 0 Å². The Hall–Kier alpha value is -1.63. The summed E-state index contributed by atoms with van der Waals surface area (Å²) >= 11 is 0. The van der Waals surface area contributed by atoms with Crippen molar-refractivity contribution in [2.24, 2.45) is 0 Å². The Kier molecular flexibility index (Phi) is 3.84. The first kappa shape index (κ1) is 14.3. The molecule has 0 saturated heterocycles. The fourth-order valence-electron chi connectivity index (χ4n) is 2.67. The normalized spacial score (nSPS) is 19.7. The van der Waals surface area contributed by atoms with Crippen LogP contribution in [-0.4, -0.2) is 34.6 Å². The van der Waals surface area contributed by atoms with Crippen LogP contribution in [0.4, 0.5) is 13.2 Å². The van der Waals surface area contributed by atoms with E-state index in [1.165, 1.54) is 11.8 Å². The van der Waals surface area contributed by atoms with Gasteiger partial charge in [-0.2, -0.15) is 13.2 Å². The van der Waals surface area contributed by atoms with Crippen LogP contribution in [0.3, 0.4) is 0 Å². The Bertz CT molecular complexity index is 557. The van der Waals surface area contributed by atoms with Crippen LogP contribution in [0, 0.1) is 0 Å². The van der Waals surface area contributed by atoms with Crippen LogP contribution in [0.2, 0.25) is 0 Å². The zero-order valence-electron chi connectivity index (χ0n) is 11.5. The van der Waals surface area contributed by atoms with E-state index in [1.54, 1.807) is 0 Å². The van der Waals surface area contributed by atoms with E-state index < -0.39 is 12.0 Å². The molecule has 0 unspecified atom stereocenters. The van der Waals surface area contributed by atoms with Crippen LogP contribution in [0.15, 0.2) is 18.0 Å². The molecule has 1 aromatic heterocycles. The topological polar surface area (TPSA) is 38.2 Å². The van der Waals surface area contributed by atoms with E-state index in [0.717, 1.165) is 31.6 Å². The van der Waals surface area contributed by atoms with Crippen molar-refractivity contribution in [3.8, 4) is 0 Å². The van der Waals surface area contributed by atoms with Gasteiger partial charge in [0, 0.05) is 37.8 Å². The maximum Gasteiger partial charge on any atom is 0.451 e. The van der Waals surface area contributed by atoms with Gasteiger partial charge < -0.3 is 4.74 Å². The average Bonchev–Trinajstić information content (AvgIpc) is 2.47. The zero-order valence-corrected chi connectivity index (χ0v) is 11.5. The molecule has 0 aromatic carbocycles. The summed E-state index contributed by atoms with van der Waals surface area (Å²) in [4.78, 5) is 9.30. The number of hydrogen-bond donors (Lipinski definition) is 0. The van der Waals surface area contributed by atoms with Gasteiger partial charge in [0.1, 0.15) is 0 Å². The van der Waals surface area contributed by atoms with Crippen molar-refractivity contribution in [2.75, 3.05) is 19.7 Å². The number of halogens is 3. The van der Waals surface area contributed by atoms with E-state index in [-0.39, 0.29) is 0 Å². The highest BCUT2D eigenvalue weighted by atomic mass is 19.4. The molecule has 0 bridgehead atoms. The summed E-state index contributed by atoms with van der Waals surface area (Å²) in [5, 5.41) is 0. The second-order valence-electron chi connectivity index (χ2n) is 5.37. The van der Waals surface area contributed by atoms with E-state index >= 15 is 0 Å². The molecule has 7 heteroatoms. The van der Waals surface area contributed by atoms with Crippen LogP contribution in [0.5, 0.6) is 0 Å². The molecule has 0 aliphatic carbocycles. The Balaban J connectivity index is 1.70. The molecule has 114 valence electrons. The molecule has 3 heterocycles. The van der Waals surface area contributed by atoms with Crippen LogP contribution >= 0.6 is 0 Å². The second-order valence-corrected chi connectivity index (χ2v) is 5.37. The van der Waals surface area contributed by atoms with E-state index in [0.29, 0.717) is 25.2 Å². The van der Waals surface area contributed by atoms with E-state index in [9.17, 15) is 13.2 Å². The molecule has 0 amide bonds. The molecule has 1 aromatic rings. The van der Waals surface area contributed by atoms with Gasteiger partial charge in [-0.25, -0.2) is 9.97 Å². The molecular weight excluding hydrogens is 283 g/mol. The number of alkyl halides is 3. The van der Waals surface area contributed by atoms with Crippen LogP contribution in [-0.2, 0) is 23.9 Å². The summed E-state index contributed by atoms with van der Waals surface area (Å²) in [6.07, 6.45) is 1.21. The average molecular weight is 299 g/mol. The predicted octanol–water partition coefficient (Wildman–Crippen LogP) is 2.55. The third kappa shape index (κ3) is 3.34. The summed E-state index contributed by atoms with van der Waals surface area (Å²) in [5.74, 6) is -1.04. The van der Waals surface area contributed by atoms with E-state index in [2.05, 4.69) is 14.9 Å². The largest absolute Gasteiger partial charge is 0.501 e. The van der Waals surface area contributed by atoms with Gasteiger partial charge in [0.25, 0.3) is 0 Å². The maximum atomic E-state index is 12.6. The standard InChI is InChI=1S/C14H16F3N3O/c15-14(16,17)13-18-6-11-8-20(4-3-12(11)19-13)7-10-2-1-5-21-9-10/h6,9H,1-5,7-8H2. The zero-order chi connectivity index (χ0) is 14.9. The molecule has 0 saturated carbocycles. The summed E-state index contributed by atoms with van der Waals surface area (Å²) in [6.45, 7) is 2.85. The molecule has 2 aliphatic rings. The summed E-state index contributed by atoms with van der Waals surface area (Å²) in [5.41, 5.74) is 2.53. The van der Waals surface area contributed by atoms with Crippen molar-refractivity contribution in [3.63, 3.8) is 0 Å². The van der Waals surface area contributed by atoms with E-state index in [4.69, 9.17) is 4.74 Å². The number of rotatable bonds is 2. The monoisotopic (exact) mass is 299 g/mol. The van der Waals surface area contributed by atoms with Crippen molar-refractivity contribution in [3.05, 3.63) is 35.1 Å². The molecule has 21 heavy (non-hydrogen) atoms. The smallest absolute Gasteiger partial charge is 0.451 e. The molecule has 0 N–H and O–H groups in total. The van der Waals surface area contributed by atoms with Crippen LogP contribution < -0.4 is 0 Å². The lowest BCUT2D eigenvalue weighted by molar-refractivity contribution is -0.145. The minimum absolute atomic E-state index is 0.516. The van der Waals surface area contributed by atoms with Crippen molar-refractivity contribution in [1.82, 2.24) is 14.9 Å². The Labute approximate surface area is 120 Å². The van der Waals surface area contributed by atoms with E-state index in [1.807, 2.05) is 6.26 Å². The molecule has 3 rings (SSSR count). The number of fused-ring (bicyclic) bond motifs is 1. The molecule has 4 nitrogen and oxygen atoms in total. The lowest BCUT2D eigenvalue weighted by Gasteiger charge is -2.29. The molecule has 0 fully saturated rings. The van der Waals surface area contributed by atoms with Gasteiger partial charge >= 0.3 is 6.18 Å². The predicted molar refractivity (Wildman–Crippen MR) is 69.3 cm³/mol. The summed E-state index contributed by atoms with van der Waals surface area (Å²) < 4.78 is 43.1. The lowest BCUT2D eigenvalue weighted by atomic mass is 10.0. The number of hydrogen-bond acceptors (Lipinski definition) is 4. The highest BCUT2D eigenvalue weighted by Gasteiger charge is 2.35. The first-order chi connectivity index (χ1) is 10.0. The molecule has 2 aliphatic heterocycles. The fourth-order valence-corrected chi connectivity index (χ4v) is 2.67. The van der Waals surface area contributed by atoms with Crippen LogP contribution in [0.25, 0.3) is 0 Å². The summed E-state index contributed by atoms with van der Waals surface area (Å²) in [7, 11) is 0. The van der Waals surface area contributed by atoms with Gasteiger partial charge in [-0.1, -0.05) is 0 Å². The lowest BCUT2D eigenvalue weighted by Crippen LogP contribution is -2.33. The minimum Gasteiger partial charge on any atom is -0.501 e. The highest BCUT2D eigenvalue weighted by Crippen LogP contribution is 2.28. The first-order valence-electron chi connectivity index (χ1n) is 6.96. The third-order valence-electron chi connectivity index (χ3n) is 3.70. The highest BCUT2D eigenvalue weighted by molar-refractivity contribution is 5.22.